The van der Waals surface area contributed by atoms with Gasteiger partial charge < -0.3 is 4.74 Å². The molecule has 0 aromatic heterocycles. The van der Waals surface area contributed by atoms with Gasteiger partial charge in [0.15, 0.2) is 0 Å². The fraction of sp³-hybridized carbons (Fsp3) is 1.00. The molecule has 1 nitrogen and oxygen atoms in total. The van der Waals surface area contributed by atoms with Gasteiger partial charge in [-0.15, -0.1) is 0 Å². The second-order valence-electron chi connectivity index (χ2n) is 1.72. The molecule has 0 radical (unpaired) electrons. The molecule has 0 bridgehead atoms. The number of rotatable bonds is 1. The van der Waals surface area contributed by atoms with Crippen LogP contribution in [0.3, 0.4) is 0 Å². The third-order valence-electron chi connectivity index (χ3n) is 1.22. The summed E-state index contributed by atoms with van der Waals surface area (Å²) in [5, 5.41) is 0.792. The zero-order valence-corrected chi connectivity index (χ0v) is 5.33. The maximum atomic E-state index is 5.13. The van der Waals surface area contributed by atoms with E-state index in [1.807, 2.05) is 11.8 Å². The number of ether oxygens (including phenoxy) is 1. The van der Waals surface area contributed by atoms with Crippen LogP contribution in [0.4, 0.5) is 0 Å². The summed E-state index contributed by atoms with van der Waals surface area (Å²) in [4.78, 5) is 0. The van der Waals surface area contributed by atoms with Crippen molar-refractivity contribution < 1.29 is 4.74 Å². The summed E-state index contributed by atoms with van der Waals surface area (Å²) in [6, 6.07) is 0. The van der Waals surface area contributed by atoms with E-state index in [1.54, 1.807) is 0 Å². The second-order valence-corrected chi connectivity index (χ2v) is 2.86. The van der Waals surface area contributed by atoms with Crippen molar-refractivity contribution in [3.8, 4) is 0 Å². The van der Waals surface area contributed by atoms with Crippen LogP contribution in [0.2, 0.25) is 0 Å². The van der Waals surface area contributed by atoms with Crippen LogP contribution in [0.5, 0.6) is 0 Å². The third kappa shape index (κ3) is 1.35. The minimum atomic E-state index is 0.792. The average Bonchev–Trinajstić information content (AvgIpc) is 2.14. The maximum Gasteiger partial charge on any atom is 0.0585 e. The Balaban J connectivity index is 2.14. The van der Waals surface area contributed by atoms with E-state index < -0.39 is 0 Å². The van der Waals surface area contributed by atoms with Crippen molar-refractivity contribution in [2.75, 3.05) is 19.5 Å². The monoisotopic (exact) mass is 118 g/mol. The van der Waals surface area contributed by atoms with Crippen molar-refractivity contribution in [3.05, 3.63) is 0 Å². The topological polar surface area (TPSA) is 9.23 Å². The Kier molecular flexibility index (Phi) is 2.00. The van der Waals surface area contributed by atoms with Crippen molar-refractivity contribution in [2.45, 2.75) is 11.7 Å². The van der Waals surface area contributed by atoms with Crippen LogP contribution < -0.4 is 0 Å². The van der Waals surface area contributed by atoms with Crippen LogP contribution in [0.1, 0.15) is 6.42 Å². The van der Waals surface area contributed by atoms with Gasteiger partial charge in [0, 0.05) is 11.9 Å². The lowest BCUT2D eigenvalue weighted by molar-refractivity contribution is 0.199. The van der Waals surface area contributed by atoms with Crippen LogP contribution in [0.15, 0.2) is 0 Å². The van der Waals surface area contributed by atoms with Gasteiger partial charge in [-0.05, 0) is 12.7 Å². The average molecular weight is 118 g/mol. The molecule has 0 saturated carbocycles. The molecule has 42 valence electrons. The molecule has 1 atom stereocenters. The fourth-order valence-corrected chi connectivity index (χ4v) is 1.26. The van der Waals surface area contributed by atoms with Gasteiger partial charge in [0.05, 0.1) is 6.61 Å². The highest BCUT2D eigenvalue weighted by Gasteiger charge is 2.12. The van der Waals surface area contributed by atoms with Gasteiger partial charge in [-0.2, -0.15) is 11.8 Å². The van der Waals surface area contributed by atoms with E-state index >= 15 is 0 Å². The summed E-state index contributed by atoms with van der Waals surface area (Å²) in [5.74, 6) is 0. The molecule has 1 saturated heterocycles. The summed E-state index contributed by atoms with van der Waals surface area (Å²) in [6.07, 6.45) is 3.39. The molecule has 0 unspecified atom stereocenters. The third-order valence-corrected chi connectivity index (χ3v) is 2.26. The quantitative estimate of drug-likeness (QED) is 0.510. The van der Waals surface area contributed by atoms with Crippen molar-refractivity contribution in [1.29, 1.82) is 0 Å². The first-order chi connectivity index (χ1) is 3.43. The first-order valence-electron chi connectivity index (χ1n) is 2.54. The summed E-state index contributed by atoms with van der Waals surface area (Å²) in [6.45, 7) is 1.95. The first-order valence-corrected chi connectivity index (χ1v) is 3.83. The number of hydrogen-bond donors (Lipinski definition) is 0. The zero-order valence-electron chi connectivity index (χ0n) is 4.52. The van der Waals surface area contributed by atoms with Crippen LogP contribution in [0.25, 0.3) is 0 Å². The van der Waals surface area contributed by atoms with E-state index in [0.29, 0.717) is 0 Å². The molecule has 1 aliphatic heterocycles. The van der Waals surface area contributed by atoms with Gasteiger partial charge >= 0.3 is 0 Å². The fourth-order valence-electron chi connectivity index (χ4n) is 0.699. The van der Waals surface area contributed by atoms with E-state index in [4.69, 9.17) is 4.74 Å². The van der Waals surface area contributed by atoms with Gasteiger partial charge in [-0.1, -0.05) is 0 Å². The maximum absolute atomic E-state index is 5.13. The smallest absolute Gasteiger partial charge is 0.0585 e. The Bertz CT molecular complexity index is 50.0. The molecule has 0 amide bonds. The SMILES string of the molecule is CS[C@@H]1CCOC1. The molecule has 0 spiro atoms. The lowest BCUT2D eigenvalue weighted by Crippen LogP contribution is -1.97. The van der Waals surface area contributed by atoms with Crippen LogP contribution in [0, 0.1) is 0 Å². The highest BCUT2D eigenvalue weighted by atomic mass is 32.2. The van der Waals surface area contributed by atoms with Crippen molar-refractivity contribution in [2.24, 2.45) is 0 Å². The lowest BCUT2D eigenvalue weighted by atomic mass is 10.4. The molecule has 1 heterocycles. The van der Waals surface area contributed by atoms with E-state index in [9.17, 15) is 0 Å². The van der Waals surface area contributed by atoms with Gasteiger partial charge in [-0.3, -0.25) is 0 Å². The number of thioether (sulfide) groups is 1. The highest BCUT2D eigenvalue weighted by molar-refractivity contribution is 7.99. The molecule has 7 heavy (non-hydrogen) atoms. The van der Waals surface area contributed by atoms with Gasteiger partial charge in [0.25, 0.3) is 0 Å². The zero-order chi connectivity index (χ0) is 5.11. The Morgan fingerprint density at radius 3 is 2.86 bits per heavy atom. The molecular weight excluding hydrogens is 108 g/mol. The summed E-state index contributed by atoms with van der Waals surface area (Å²) in [7, 11) is 0. The van der Waals surface area contributed by atoms with E-state index in [-0.39, 0.29) is 0 Å². The molecule has 0 aromatic rings. The van der Waals surface area contributed by atoms with Crippen LogP contribution in [-0.2, 0) is 4.74 Å². The molecule has 2 heteroatoms. The molecule has 1 aliphatic rings. The Morgan fingerprint density at radius 2 is 2.57 bits per heavy atom. The standard InChI is InChI=1S/C5H10OS/c1-7-5-2-3-6-4-5/h5H,2-4H2,1H3/t5-/m1/s1. The van der Waals surface area contributed by atoms with Crippen molar-refractivity contribution >= 4 is 11.8 Å². The summed E-state index contributed by atoms with van der Waals surface area (Å²) < 4.78 is 5.13. The van der Waals surface area contributed by atoms with Crippen molar-refractivity contribution in [1.82, 2.24) is 0 Å². The second kappa shape index (κ2) is 2.58. The summed E-state index contributed by atoms with van der Waals surface area (Å²) >= 11 is 1.91. The van der Waals surface area contributed by atoms with Gasteiger partial charge in [0.2, 0.25) is 0 Å². The first kappa shape index (κ1) is 5.45. The Morgan fingerprint density at radius 1 is 1.71 bits per heavy atom. The predicted octanol–water partition coefficient (Wildman–Crippen LogP) is 1.14. The Labute approximate surface area is 48.4 Å². The van der Waals surface area contributed by atoms with Crippen LogP contribution >= 0.6 is 11.8 Å². The minimum Gasteiger partial charge on any atom is -0.380 e. The van der Waals surface area contributed by atoms with Crippen molar-refractivity contribution in [3.63, 3.8) is 0 Å². The summed E-state index contributed by atoms with van der Waals surface area (Å²) in [5.41, 5.74) is 0. The predicted molar refractivity (Wildman–Crippen MR) is 32.7 cm³/mol. The molecule has 1 rings (SSSR count). The molecule has 1 fully saturated rings. The lowest BCUT2D eigenvalue weighted by Gasteiger charge is -1.97. The number of hydrogen-bond acceptors (Lipinski definition) is 2. The molecular formula is C5H10OS. The Hall–Kier alpha value is 0.310. The molecule has 0 aromatic carbocycles. The van der Waals surface area contributed by atoms with E-state index in [1.165, 1.54) is 6.42 Å². The normalized spacial score (nSPS) is 31.3. The van der Waals surface area contributed by atoms with E-state index in [0.717, 1.165) is 18.5 Å². The molecule has 0 aliphatic carbocycles. The molecule has 0 N–H and O–H groups in total. The van der Waals surface area contributed by atoms with Gasteiger partial charge in [-0.25, -0.2) is 0 Å². The minimum absolute atomic E-state index is 0.792. The van der Waals surface area contributed by atoms with E-state index in [2.05, 4.69) is 6.26 Å². The largest absolute Gasteiger partial charge is 0.380 e. The van der Waals surface area contributed by atoms with Crippen LogP contribution in [-0.4, -0.2) is 24.7 Å². The van der Waals surface area contributed by atoms with Gasteiger partial charge in [0.1, 0.15) is 0 Å². The highest BCUT2D eigenvalue weighted by Crippen LogP contribution is 2.16.